The maximum absolute atomic E-state index is 5.67. The molecule has 3 heteroatoms. The van der Waals surface area contributed by atoms with Gasteiger partial charge in [0.1, 0.15) is 0 Å². The van der Waals surface area contributed by atoms with Crippen molar-refractivity contribution in [3.63, 3.8) is 0 Å². The van der Waals surface area contributed by atoms with Crippen LogP contribution in [0.4, 0.5) is 5.69 Å². The molecule has 0 radical (unpaired) electrons. The Morgan fingerprint density at radius 1 is 1.40 bits per heavy atom. The zero-order valence-electron chi connectivity index (χ0n) is 5.24. The zero-order valence-corrected chi connectivity index (χ0v) is 6.96. The second-order valence-corrected chi connectivity index (χ2v) is 4.05. The molecule has 0 saturated heterocycles. The summed E-state index contributed by atoms with van der Waals surface area (Å²) in [5.74, 6) is 0. The Balaban J connectivity index is 2.95. The third-order valence-electron chi connectivity index (χ3n) is 1.41. The summed E-state index contributed by atoms with van der Waals surface area (Å²) in [6.07, 6.45) is 3.59. The number of anilines is 1. The molecule has 0 amide bonds. The van der Waals surface area contributed by atoms with Gasteiger partial charge in [0.25, 0.3) is 0 Å². The molecule has 2 aromatic heterocycles. The first-order valence-electron chi connectivity index (χ1n) is 2.94. The fourth-order valence-electron chi connectivity index (χ4n) is 0.914. The van der Waals surface area contributed by atoms with Gasteiger partial charge in [-0.3, -0.25) is 0 Å². The number of aromatic nitrogens is 1. The Bertz CT molecular complexity index is 353. The van der Waals surface area contributed by atoms with Gasteiger partial charge < -0.3 is 0 Å². The summed E-state index contributed by atoms with van der Waals surface area (Å²) in [6.45, 7) is 0. The monoisotopic (exact) mass is 198 g/mol. The van der Waals surface area contributed by atoms with Crippen molar-refractivity contribution in [2.24, 2.45) is 0 Å². The fourth-order valence-corrected chi connectivity index (χ4v) is 2.56. The molecular formula is C7H6N2Se. The molecule has 0 saturated carbocycles. The molecule has 0 aliphatic rings. The summed E-state index contributed by atoms with van der Waals surface area (Å²) in [5.41, 5.74) is 6.47. The molecular weight excluding hydrogens is 191 g/mol. The first-order chi connectivity index (χ1) is 4.88. The average Bonchev–Trinajstić information content (AvgIpc) is 2.36. The van der Waals surface area contributed by atoms with Crippen LogP contribution in [0, 0.1) is 0 Å². The van der Waals surface area contributed by atoms with Crippen molar-refractivity contribution in [1.29, 1.82) is 0 Å². The SMILES string of the molecule is Nc1cncc2[se]ccc12. The van der Waals surface area contributed by atoms with Gasteiger partial charge in [0, 0.05) is 0 Å². The van der Waals surface area contributed by atoms with Gasteiger partial charge in [-0.2, -0.15) is 0 Å². The summed E-state index contributed by atoms with van der Waals surface area (Å²) < 4.78 is 1.30. The third kappa shape index (κ3) is 0.753. The topological polar surface area (TPSA) is 38.9 Å². The molecule has 0 bridgehead atoms. The van der Waals surface area contributed by atoms with Crippen molar-refractivity contribution in [3.05, 3.63) is 23.4 Å². The number of pyridine rings is 1. The van der Waals surface area contributed by atoms with Gasteiger partial charge >= 0.3 is 64.0 Å². The second-order valence-electron chi connectivity index (χ2n) is 2.06. The van der Waals surface area contributed by atoms with Gasteiger partial charge in [0.05, 0.1) is 0 Å². The normalized spacial score (nSPS) is 10.4. The number of rotatable bonds is 0. The summed E-state index contributed by atoms with van der Waals surface area (Å²) in [5, 5.41) is 1.18. The number of hydrogen-bond acceptors (Lipinski definition) is 2. The van der Waals surface area contributed by atoms with E-state index in [0.29, 0.717) is 14.5 Å². The quantitative estimate of drug-likeness (QED) is 0.636. The Kier molecular flexibility index (Phi) is 1.26. The fraction of sp³-hybridized carbons (Fsp3) is 0. The van der Waals surface area contributed by atoms with Crippen LogP contribution in [-0.4, -0.2) is 19.5 Å². The predicted molar refractivity (Wildman–Crippen MR) is 43.1 cm³/mol. The third-order valence-corrected chi connectivity index (χ3v) is 3.20. The van der Waals surface area contributed by atoms with Crippen LogP contribution >= 0.6 is 0 Å². The number of fused-ring (bicyclic) bond motifs is 1. The Hall–Kier alpha value is -0.791. The van der Waals surface area contributed by atoms with E-state index in [1.54, 1.807) is 6.20 Å². The van der Waals surface area contributed by atoms with Gasteiger partial charge in [0.15, 0.2) is 0 Å². The molecule has 2 N–H and O–H groups in total. The molecule has 2 heterocycles. The van der Waals surface area contributed by atoms with Crippen LogP contribution in [0.2, 0.25) is 0 Å². The first kappa shape index (κ1) is 5.95. The Morgan fingerprint density at radius 3 is 3.10 bits per heavy atom. The number of nitrogens with zero attached hydrogens (tertiary/aromatic N) is 1. The number of hydrogen-bond donors (Lipinski definition) is 1. The Labute approximate surface area is 64.4 Å². The molecule has 2 rings (SSSR count). The summed E-state index contributed by atoms with van der Waals surface area (Å²) in [7, 11) is 0. The van der Waals surface area contributed by atoms with E-state index in [1.807, 2.05) is 6.20 Å². The number of nitrogens with two attached hydrogens (primary N) is 1. The summed E-state index contributed by atoms with van der Waals surface area (Å²) in [6, 6.07) is 2.08. The van der Waals surface area contributed by atoms with Gasteiger partial charge in [-0.25, -0.2) is 0 Å². The van der Waals surface area contributed by atoms with Crippen molar-refractivity contribution < 1.29 is 0 Å². The minimum atomic E-state index is 0.470. The van der Waals surface area contributed by atoms with E-state index in [0.717, 1.165) is 5.69 Å². The Morgan fingerprint density at radius 2 is 2.30 bits per heavy atom. The first-order valence-corrected chi connectivity index (χ1v) is 4.79. The van der Waals surface area contributed by atoms with Crippen molar-refractivity contribution in [3.8, 4) is 0 Å². The van der Waals surface area contributed by atoms with Crippen molar-refractivity contribution in [2.75, 3.05) is 5.73 Å². The van der Waals surface area contributed by atoms with E-state index >= 15 is 0 Å². The van der Waals surface area contributed by atoms with E-state index in [9.17, 15) is 0 Å². The average molecular weight is 197 g/mol. The molecule has 0 atom stereocenters. The molecule has 0 aliphatic carbocycles. The molecule has 0 fully saturated rings. The van der Waals surface area contributed by atoms with Crippen LogP contribution in [-0.2, 0) is 0 Å². The van der Waals surface area contributed by atoms with Crippen LogP contribution < -0.4 is 5.73 Å². The molecule has 0 aromatic carbocycles. The molecule has 10 heavy (non-hydrogen) atoms. The van der Waals surface area contributed by atoms with E-state index in [2.05, 4.69) is 16.0 Å². The van der Waals surface area contributed by atoms with E-state index in [4.69, 9.17) is 5.73 Å². The molecule has 2 aromatic rings. The van der Waals surface area contributed by atoms with Crippen LogP contribution in [0.3, 0.4) is 0 Å². The van der Waals surface area contributed by atoms with Crippen molar-refractivity contribution >= 4 is 29.8 Å². The van der Waals surface area contributed by atoms with Crippen LogP contribution in [0.1, 0.15) is 0 Å². The standard InChI is InChI=1S/C7H6N2Se/c8-6-3-9-4-7-5(6)1-2-10-7/h1-4H,8H2. The van der Waals surface area contributed by atoms with Crippen molar-refractivity contribution in [1.82, 2.24) is 4.98 Å². The number of nitrogen functional groups attached to an aromatic ring is 1. The zero-order chi connectivity index (χ0) is 6.97. The molecule has 50 valence electrons. The summed E-state index contributed by atoms with van der Waals surface area (Å²) >= 11 is 0.470. The van der Waals surface area contributed by atoms with Gasteiger partial charge in [-0.1, -0.05) is 0 Å². The van der Waals surface area contributed by atoms with Crippen LogP contribution in [0.5, 0.6) is 0 Å². The predicted octanol–water partition coefficient (Wildman–Crippen LogP) is 0.874. The van der Waals surface area contributed by atoms with Crippen molar-refractivity contribution in [2.45, 2.75) is 0 Å². The van der Waals surface area contributed by atoms with Gasteiger partial charge in [-0.15, -0.1) is 0 Å². The van der Waals surface area contributed by atoms with Gasteiger partial charge in [0.2, 0.25) is 0 Å². The maximum atomic E-state index is 5.67. The van der Waals surface area contributed by atoms with Crippen LogP contribution in [0.25, 0.3) is 9.65 Å². The van der Waals surface area contributed by atoms with E-state index in [1.165, 1.54) is 9.65 Å². The second kappa shape index (κ2) is 2.11. The molecule has 2 nitrogen and oxygen atoms in total. The van der Waals surface area contributed by atoms with Gasteiger partial charge in [-0.05, 0) is 0 Å². The molecule has 0 aliphatic heterocycles. The molecule has 0 unspecified atom stereocenters. The van der Waals surface area contributed by atoms with Crippen LogP contribution in [0.15, 0.2) is 23.4 Å². The minimum absolute atomic E-state index is 0.470. The van der Waals surface area contributed by atoms with E-state index in [-0.39, 0.29) is 0 Å². The summed E-state index contributed by atoms with van der Waals surface area (Å²) in [4.78, 5) is 6.17. The van der Waals surface area contributed by atoms with E-state index < -0.39 is 0 Å². The molecule has 0 spiro atoms.